The average molecular weight is 448 g/mol. The van der Waals surface area contributed by atoms with Gasteiger partial charge < -0.3 is 5.32 Å². The van der Waals surface area contributed by atoms with Crippen LogP contribution in [0.25, 0.3) is 5.69 Å². The second-order valence-corrected chi connectivity index (χ2v) is 7.53. The van der Waals surface area contributed by atoms with Crippen molar-refractivity contribution in [1.82, 2.24) is 20.2 Å². The van der Waals surface area contributed by atoms with Crippen molar-refractivity contribution >= 4 is 35.0 Å². The van der Waals surface area contributed by atoms with E-state index >= 15 is 0 Å². The highest BCUT2D eigenvalue weighted by Crippen LogP contribution is 2.38. The van der Waals surface area contributed by atoms with E-state index in [0.717, 1.165) is 11.8 Å². The second-order valence-electron chi connectivity index (χ2n) is 6.59. The number of carbonyl (C=O) groups excluding carboxylic acids is 2. The zero-order chi connectivity index (χ0) is 22.0. The fraction of sp³-hybridized carbons (Fsp3) is 0.211. The van der Waals surface area contributed by atoms with E-state index < -0.39 is 30.5 Å². The molecule has 3 aromatic rings. The van der Waals surface area contributed by atoms with Crippen LogP contribution in [0.15, 0.2) is 59.8 Å². The van der Waals surface area contributed by atoms with E-state index in [-0.39, 0.29) is 22.3 Å². The number of rotatable bonds is 4. The third-order valence-corrected chi connectivity index (χ3v) is 5.45. The summed E-state index contributed by atoms with van der Waals surface area (Å²) >= 11 is 0.908. The second kappa shape index (κ2) is 8.38. The van der Waals surface area contributed by atoms with Crippen molar-refractivity contribution < 1.29 is 22.8 Å². The van der Waals surface area contributed by atoms with Gasteiger partial charge in [-0.1, -0.05) is 42.1 Å². The number of fused-ring (bicyclic) bond motifs is 1. The van der Waals surface area contributed by atoms with E-state index in [0.29, 0.717) is 10.6 Å². The Morgan fingerprint density at radius 1 is 1.13 bits per heavy atom. The molecule has 12 heteroatoms. The van der Waals surface area contributed by atoms with Crippen molar-refractivity contribution in [3.8, 4) is 5.69 Å². The fourth-order valence-electron chi connectivity index (χ4n) is 3.19. The summed E-state index contributed by atoms with van der Waals surface area (Å²) in [7, 11) is 0. The lowest BCUT2D eigenvalue weighted by molar-refractivity contribution is -0.157. The summed E-state index contributed by atoms with van der Waals surface area (Å²) in [4.78, 5) is 25.7. The van der Waals surface area contributed by atoms with Crippen LogP contribution in [0.4, 0.5) is 24.5 Å². The van der Waals surface area contributed by atoms with Gasteiger partial charge in [-0.3, -0.25) is 14.5 Å². The number of hydrogen-bond acceptors (Lipinski definition) is 6. The van der Waals surface area contributed by atoms with Crippen LogP contribution in [0.1, 0.15) is 6.42 Å². The molecule has 2 amide bonds. The molecule has 0 fully saturated rings. The molecule has 0 bridgehead atoms. The van der Waals surface area contributed by atoms with Gasteiger partial charge in [0, 0.05) is 0 Å². The molecule has 1 aliphatic rings. The van der Waals surface area contributed by atoms with Gasteiger partial charge in [0.05, 0.1) is 29.2 Å². The number of aromatic nitrogens is 4. The molecular formula is C19H15F3N6O2S. The van der Waals surface area contributed by atoms with Crippen LogP contribution in [-0.4, -0.2) is 50.0 Å². The Bertz CT molecular complexity index is 1110. The zero-order valence-corrected chi connectivity index (χ0v) is 16.6. The predicted molar refractivity (Wildman–Crippen MR) is 107 cm³/mol. The molecule has 1 atom stereocenters. The monoisotopic (exact) mass is 448 g/mol. The molecule has 1 N–H and O–H groups in total. The maximum Gasteiger partial charge on any atom is 0.409 e. The first kappa shape index (κ1) is 20.8. The van der Waals surface area contributed by atoms with Crippen LogP contribution in [0.3, 0.4) is 0 Å². The van der Waals surface area contributed by atoms with Gasteiger partial charge in [0.1, 0.15) is 6.04 Å². The van der Waals surface area contributed by atoms with Crippen molar-refractivity contribution in [2.24, 2.45) is 0 Å². The number of nitrogens with one attached hydrogen (secondary N) is 1. The van der Waals surface area contributed by atoms with Crippen LogP contribution in [0, 0.1) is 0 Å². The van der Waals surface area contributed by atoms with Crippen molar-refractivity contribution in [2.75, 3.05) is 16.0 Å². The number of hydrogen-bond donors (Lipinski definition) is 1. The largest absolute Gasteiger partial charge is 0.409 e. The molecule has 0 radical (unpaired) electrons. The van der Waals surface area contributed by atoms with E-state index in [1.54, 1.807) is 30.3 Å². The number of benzene rings is 2. The van der Waals surface area contributed by atoms with Crippen LogP contribution >= 0.6 is 11.8 Å². The molecule has 1 unspecified atom stereocenters. The van der Waals surface area contributed by atoms with Crippen molar-refractivity contribution in [3.63, 3.8) is 0 Å². The average Bonchev–Trinajstić information content (AvgIpc) is 3.15. The van der Waals surface area contributed by atoms with E-state index in [1.165, 1.54) is 22.9 Å². The van der Waals surface area contributed by atoms with E-state index in [9.17, 15) is 22.8 Å². The summed E-state index contributed by atoms with van der Waals surface area (Å²) in [6.45, 7) is 0. The minimum Gasteiger partial charge on any atom is -0.324 e. The van der Waals surface area contributed by atoms with Gasteiger partial charge in [-0.25, -0.2) is 0 Å². The Hall–Kier alpha value is -3.41. The zero-order valence-electron chi connectivity index (χ0n) is 15.8. The number of carbonyl (C=O) groups is 2. The molecule has 0 aliphatic carbocycles. The fourth-order valence-corrected chi connectivity index (χ4v) is 3.94. The van der Waals surface area contributed by atoms with E-state index in [2.05, 4.69) is 20.8 Å². The summed E-state index contributed by atoms with van der Waals surface area (Å²) in [5.41, 5.74) is 0.779. The lowest BCUT2D eigenvalue weighted by Crippen LogP contribution is -2.50. The maximum atomic E-state index is 13.8. The van der Waals surface area contributed by atoms with Gasteiger partial charge in [0.25, 0.3) is 0 Å². The minimum atomic E-state index is -4.79. The third kappa shape index (κ3) is 4.38. The molecule has 2 aromatic carbocycles. The molecule has 4 rings (SSSR count). The van der Waals surface area contributed by atoms with E-state index in [1.807, 2.05) is 6.07 Å². The number of anilines is 2. The molecule has 2 heterocycles. The topological polar surface area (TPSA) is 93.0 Å². The number of thioether (sulfide) groups is 1. The molecule has 0 saturated heterocycles. The standard InChI is InChI=1S/C19H15F3N6O2S/c20-19(21,22)15-10-16(29)23-13-8-4-5-9-14(13)27(15)17(30)11-31-18-24-25-26-28(18)12-6-2-1-3-7-12/h1-9,15H,10-11H2,(H,23,29). The van der Waals surface area contributed by atoms with Gasteiger partial charge in [0.15, 0.2) is 0 Å². The van der Waals surface area contributed by atoms with Gasteiger partial charge in [-0.2, -0.15) is 17.9 Å². The number of para-hydroxylation sites is 3. The Kier molecular flexibility index (Phi) is 5.63. The van der Waals surface area contributed by atoms with Gasteiger partial charge in [-0.15, -0.1) is 5.10 Å². The Morgan fingerprint density at radius 3 is 2.58 bits per heavy atom. The van der Waals surface area contributed by atoms with Crippen LogP contribution in [-0.2, 0) is 9.59 Å². The molecule has 1 aromatic heterocycles. The van der Waals surface area contributed by atoms with E-state index in [4.69, 9.17) is 0 Å². The highest BCUT2D eigenvalue weighted by Gasteiger charge is 2.48. The molecule has 160 valence electrons. The lowest BCUT2D eigenvalue weighted by Gasteiger charge is -2.31. The SMILES string of the molecule is O=C1CC(C(F)(F)F)N(C(=O)CSc2nnnn2-c2ccccc2)c2ccccc2N1. The van der Waals surface area contributed by atoms with Crippen molar-refractivity contribution in [3.05, 3.63) is 54.6 Å². The molecule has 8 nitrogen and oxygen atoms in total. The van der Waals surface area contributed by atoms with Gasteiger partial charge >= 0.3 is 6.18 Å². The molecule has 0 saturated carbocycles. The highest BCUT2D eigenvalue weighted by atomic mass is 32.2. The Balaban J connectivity index is 1.62. The summed E-state index contributed by atoms with van der Waals surface area (Å²) in [5, 5.41) is 14.0. The van der Waals surface area contributed by atoms with Crippen molar-refractivity contribution in [1.29, 1.82) is 0 Å². The van der Waals surface area contributed by atoms with Crippen LogP contribution in [0.5, 0.6) is 0 Å². The number of amides is 2. The highest BCUT2D eigenvalue weighted by molar-refractivity contribution is 7.99. The summed E-state index contributed by atoms with van der Waals surface area (Å²) < 4.78 is 42.7. The first-order valence-electron chi connectivity index (χ1n) is 9.09. The molecule has 0 spiro atoms. The number of tetrazole rings is 1. The predicted octanol–water partition coefficient (Wildman–Crippen LogP) is 3.06. The number of halogens is 3. The lowest BCUT2D eigenvalue weighted by atomic mass is 10.1. The minimum absolute atomic E-state index is 0.0103. The maximum absolute atomic E-state index is 13.8. The van der Waals surface area contributed by atoms with Crippen LogP contribution in [0.2, 0.25) is 0 Å². The number of nitrogens with zero attached hydrogens (tertiary/aromatic N) is 5. The third-order valence-electron chi connectivity index (χ3n) is 4.54. The smallest absolute Gasteiger partial charge is 0.324 e. The Labute approximate surface area is 178 Å². The molecular weight excluding hydrogens is 433 g/mol. The first-order valence-corrected chi connectivity index (χ1v) is 10.1. The van der Waals surface area contributed by atoms with Gasteiger partial charge in [-0.05, 0) is 34.7 Å². The first-order chi connectivity index (χ1) is 14.8. The van der Waals surface area contributed by atoms with Crippen molar-refractivity contribution in [2.45, 2.75) is 23.8 Å². The van der Waals surface area contributed by atoms with Crippen LogP contribution < -0.4 is 10.2 Å². The Morgan fingerprint density at radius 2 is 1.84 bits per heavy atom. The summed E-state index contributed by atoms with van der Waals surface area (Å²) in [6.07, 6.45) is -5.68. The van der Waals surface area contributed by atoms with Gasteiger partial charge in [0.2, 0.25) is 17.0 Å². The molecule has 1 aliphatic heterocycles. The summed E-state index contributed by atoms with van der Waals surface area (Å²) in [6, 6.07) is 12.5. The normalized spacial score (nSPS) is 16.4. The number of alkyl halides is 3. The quantitative estimate of drug-likeness (QED) is 0.617. The summed E-state index contributed by atoms with van der Waals surface area (Å²) in [5.74, 6) is -1.99. The molecule has 31 heavy (non-hydrogen) atoms.